The number of phenols is 1. The van der Waals surface area contributed by atoms with Crippen molar-refractivity contribution in [2.24, 2.45) is 0 Å². The molecule has 0 saturated carbocycles. The highest BCUT2D eigenvalue weighted by atomic mass is 32.2. The number of pyridine rings is 1. The average molecular weight is 581 g/mol. The van der Waals surface area contributed by atoms with Crippen molar-refractivity contribution in [3.8, 4) is 11.6 Å². The largest absolute Gasteiger partial charge is 0.505 e. The number of amides is 1. The highest BCUT2D eigenvalue weighted by Gasteiger charge is 2.27. The zero-order chi connectivity index (χ0) is 29.6. The van der Waals surface area contributed by atoms with Crippen molar-refractivity contribution >= 4 is 43.3 Å². The Bertz CT molecular complexity index is 1940. The van der Waals surface area contributed by atoms with Crippen LogP contribution in [0.1, 0.15) is 27.0 Å². The second-order valence-electron chi connectivity index (χ2n) is 9.72. The first-order chi connectivity index (χ1) is 19.4. The van der Waals surface area contributed by atoms with Crippen molar-refractivity contribution in [1.82, 2.24) is 14.9 Å². The van der Waals surface area contributed by atoms with Crippen molar-refractivity contribution in [2.45, 2.75) is 13.0 Å². The minimum absolute atomic E-state index is 0.0367. The summed E-state index contributed by atoms with van der Waals surface area (Å²) in [5, 5.41) is 25.4. The Balaban J connectivity index is 1.73. The van der Waals surface area contributed by atoms with Gasteiger partial charge in [0.05, 0.1) is 23.9 Å². The molecule has 0 unspecified atom stereocenters. The van der Waals surface area contributed by atoms with E-state index in [4.69, 9.17) is 0 Å². The van der Waals surface area contributed by atoms with Gasteiger partial charge in [0, 0.05) is 42.8 Å². The molecule has 0 fully saturated rings. The Hall–Kier alpha value is -4.71. The van der Waals surface area contributed by atoms with Gasteiger partial charge in [-0.3, -0.25) is 14.1 Å². The normalized spacial score (nSPS) is 11.7. The maximum absolute atomic E-state index is 13.9. The van der Waals surface area contributed by atoms with E-state index >= 15 is 0 Å². The van der Waals surface area contributed by atoms with Gasteiger partial charge in [0.1, 0.15) is 17.2 Å². The lowest BCUT2D eigenvalue weighted by Gasteiger charge is -2.21. The van der Waals surface area contributed by atoms with Crippen LogP contribution in [-0.4, -0.2) is 54.4 Å². The molecule has 5 rings (SSSR count). The van der Waals surface area contributed by atoms with Crippen LogP contribution in [0.25, 0.3) is 21.7 Å². The summed E-state index contributed by atoms with van der Waals surface area (Å²) >= 11 is 0. The molecule has 3 N–H and O–H groups in total. The number of anilines is 1. The predicted molar refractivity (Wildman–Crippen MR) is 152 cm³/mol. The number of hydrogen-bond donors (Lipinski definition) is 3. The lowest BCUT2D eigenvalue weighted by molar-refractivity contribution is 0.0961. The van der Waals surface area contributed by atoms with Crippen LogP contribution in [0.15, 0.2) is 60.9 Å². The number of phenolic OH excluding ortho intramolecular Hbond substituents is 1. The van der Waals surface area contributed by atoms with Gasteiger partial charge in [-0.15, -0.1) is 0 Å². The van der Waals surface area contributed by atoms with Gasteiger partial charge in [-0.25, -0.2) is 17.2 Å². The molecular weight excluding hydrogens is 554 g/mol. The van der Waals surface area contributed by atoms with Gasteiger partial charge in [0.15, 0.2) is 5.75 Å². The van der Waals surface area contributed by atoms with E-state index in [2.05, 4.69) is 10.3 Å². The van der Waals surface area contributed by atoms with Crippen LogP contribution in [0.3, 0.4) is 0 Å². The summed E-state index contributed by atoms with van der Waals surface area (Å²) < 4.78 is 55.2. The van der Waals surface area contributed by atoms with E-state index in [0.29, 0.717) is 22.9 Å². The predicted octanol–water partition coefficient (Wildman–Crippen LogP) is 4.27. The average Bonchev–Trinajstić information content (AvgIpc) is 3.25. The smallest absolute Gasteiger partial charge is 0.251 e. The fourth-order valence-corrected chi connectivity index (χ4v) is 5.40. The molecule has 2 aromatic heterocycles. The summed E-state index contributed by atoms with van der Waals surface area (Å²) in [6, 6.07) is 11.3. The Labute approximate surface area is 234 Å². The minimum Gasteiger partial charge on any atom is -0.505 e. The van der Waals surface area contributed by atoms with Crippen molar-refractivity contribution in [3.05, 3.63) is 94.8 Å². The van der Waals surface area contributed by atoms with Crippen molar-refractivity contribution < 1.29 is 32.2 Å². The molecule has 212 valence electrons. The minimum atomic E-state index is -3.82. The van der Waals surface area contributed by atoms with Crippen molar-refractivity contribution in [2.75, 3.05) is 24.7 Å². The highest BCUT2D eigenvalue weighted by Crippen LogP contribution is 2.47. The van der Waals surface area contributed by atoms with Gasteiger partial charge < -0.3 is 20.1 Å². The number of sulfonamides is 1. The molecule has 0 saturated heterocycles. The van der Waals surface area contributed by atoms with E-state index in [1.165, 1.54) is 55.3 Å². The Morgan fingerprint density at radius 1 is 1.02 bits per heavy atom. The van der Waals surface area contributed by atoms with Crippen LogP contribution in [0.4, 0.5) is 14.5 Å². The summed E-state index contributed by atoms with van der Waals surface area (Å²) in [6.45, 7) is -0.0927. The van der Waals surface area contributed by atoms with Crippen LogP contribution in [0, 0.1) is 11.6 Å². The van der Waals surface area contributed by atoms with Crippen molar-refractivity contribution in [3.63, 3.8) is 0 Å². The van der Waals surface area contributed by atoms with Crippen LogP contribution in [-0.2, 0) is 23.0 Å². The quantitative estimate of drug-likeness (QED) is 0.264. The molecule has 3 aromatic carbocycles. The summed E-state index contributed by atoms with van der Waals surface area (Å²) in [4.78, 5) is 16.8. The van der Waals surface area contributed by atoms with E-state index in [1.54, 1.807) is 18.2 Å². The number of nitrogens with one attached hydrogen (secondary N) is 1. The molecular formula is C29H26F2N4O5S. The molecule has 41 heavy (non-hydrogen) atoms. The molecule has 0 aliphatic heterocycles. The highest BCUT2D eigenvalue weighted by molar-refractivity contribution is 7.92. The van der Waals surface area contributed by atoms with Gasteiger partial charge in [0.25, 0.3) is 5.91 Å². The molecule has 5 aromatic rings. The zero-order valence-electron chi connectivity index (χ0n) is 22.3. The summed E-state index contributed by atoms with van der Waals surface area (Å²) in [5.41, 5.74) is 2.14. The second kappa shape index (κ2) is 10.4. The van der Waals surface area contributed by atoms with E-state index < -0.39 is 27.6 Å². The van der Waals surface area contributed by atoms with E-state index in [9.17, 15) is 32.2 Å². The van der Waals surface area contributed by atoms with Gasteiger partial charge in [-0.05, 0) is 53.4 Å². The number of rotatable bonds is 7. The molecule has 0 aliphatic rings. The van der Waals surface area contributed by atoms with Gasteiger partial charge in [-0.1, -0.05) is 18.2 Å². The van der Waals surface area contributed by atoms with E-state index in [1.807, 2.05) is 0 Å². The maximum atomic E-state index is 13.9. The summed E-state index contributed by atoms with van der Waals surface area (Å²) in [7, 11) is -1.06. The number of hydrogen-bond acceptors (Lipinski definition) is 6. The van der Waals surface area contributed by atoms with Crippen molar-refractivity contribution in [1.29, 1.82) is 0 Å². The number of carbonyl (C=O) groups excluding carboxylic acids is 1. The summed E-state index contributed by atoms with van der Waals surface area (Å²) in [6.07, 6.45) is 4.37. The van der Waals surface area contributed by atoms with Gasteiger partial charge >= 0.3 is 0 Å². The molecule has 12 heteroatoms. The zero-order valence-corrected chi connectivity index (χ0v) is 23.1. The lowest BCUT2D eigenvalue weighted by atomic mass is 10.0. The number of aromatic nitrogens is 2. The molecule has 0 spiro atoms. The molecule has 0 bridgehead atoms. The molecule has 0 radical (unpaired) electrons. The van der Waals surface area contributed by atoms with Crippen LogP contribution >= 0.6 is 0 Å². The fraction of sp³-hybridized carbons (Fsp3) is 0.172. The number of fused-ring (bicyclic) bond motifs is 2. The molecule has 1 amide bonds. The SMILES string of the molecule is CNC(=O)c1cc(F)ccc1Cn1cc2c(N(C)S(C)(=O)=O)c3cc(Cc4ccc(F)cc4)cnc3c(O)c2c1O. The Kier molecular flexibility index (Phi) is 7.03. The molecule has 0 aliphatic carbocycles. The van der Waals surface area contributed by atoms with Crippen LogP contribution < -0.4 is 9.62 Å². The van der Waals surface area contributed by atoms with E-state index in [0.717, 1.165) is 22.2 Å². The first kappa shape index (κ1) is 27.8. The van der Waals surface area contributed by atoms with Gasteiger partial charge in [-0.2, -0.15) is 0 Å². The monoisotopic (exact) mass is 580 g/mol. The Morgan fingerprint density at radius 3 is 2.37 bits per heavy atom. The number of nitrogens with zero attached hydrogens (tertiary/aromatic N) is 3. The number of carbonyl (C=O) groups is 1. The summed E-state index contributed by atoms with van der Waals surface area (Å²) in [5.74, 6) is -2.28. The Morgan fingerprint density at radius 2 is 1.71 bits per heavy atom. The van der Waals surface area contributed by atoms with E-state index in [-0.39, 0.29) is 45.7 Å². The lowest BCUT2D eigenvalue weighted by Crippen LogP contribution is -2.25. The topological polar surface area (TPSA) is 125 Å². The fourth-order valence-electron chi connectivity index (χ4n) is 4.88. The maximum Gasteiger partial charge on any atom is 0.251 e. The number of aromatic hydroxyl groups is 2. The third kappa shape index (κ3) is 5.13. The second-order valence-corrected chi connectivity index (χ2v) is 11.7. The van der Waals surface area contributed by atoms with Crippen LogP contribution in [0.2, 0.25) is 0 Å². The first-order valence-electron chi connectivity index (χ1n) is 12.4. The molecule has 2 heterocycles. The van der Waals surface area contributed by atoms with Gasteiger partial charge in [0.2, 0.25) is 15.9 Å². The first-order valence-corrected chi connectivity index (χ1v) is 14.3. The third-order valence-corrected chi connectivity index (χ3v) is 8.16. The number of halogens is 2. The standard InChI is InChI=1S/C29H26F2N4O5S/c1-32-28(37)21-12-20(31)9-6-18(21)14-35-15-23-24(29(35)38)27(36)25-22(26(23)34(2)41(3,39)40)11-17(13-33-25)10-16-4-7-19(30)8-5-16/h4-9,11-13,15,36,38H,10,14H2,1-3H3,(H,32,37). The number of benzene rings is 3. The van der Waals surface area contributed by atoms with Crippen LogP contribution in [0.5, 0.6) is 11.6 Å². The third-order valence-electron chi connectivity index (χ3n) is 6.98. The molecule has 9 nitrogen and oxygen atoms in total. The molecule has 0 atom stereocenters.